The molecule has 0 aromatic carbocycles. The van der Waals surface area contributed by atoms with Gasteiger partial charge in [-0.3, -0.25) is 4.90 Å². The normalized spacial score (nSPS) is 21.2. The molecule has 5 heteroatoms. The van der Waals surface area contributed by atoms with Gasteiger partial charge in [0.25, 0.3) is 0 Å². The second kappa shape index (κ2) is 5.90. The number of nitrogens with one attached hydrogen (secondary N) is 1. The molecule has 1 heterocycles. The van der Waals surface area contributed by atoms with Crippen LogP contribution in [0.4, 0.5) is 9.18 Å². The number of nitrogens with zero attached hydrogens (tertiary/aromatic N) is 1. The summed E-state index contributed by atoms with van der Waals surface area (Å²) in [5.74, 6) is 0. The summed E-state index contributed by atoms with van der Waals surface area (Å²) < 4.78 is 13.5. The molecule has 0 spiro atoms. The Bertz CT molecular complexity index is 206. The van der Waals surface area contributed by atoms with Crippen LogP contribution in [-0.2, 0) is 0 Å². The second-order valence-corrected chi connectivity index (χ2v) is 3.98. The highest BCUT2D eigenvalue weighted by atomic mass is 19.1. The molecule has 1 amide bonds. The van der Waals surface area contributed by atoms with Crippen molar-refractivity contribution in [2.24, 2.45) is 0 Å². The Morgan fingerprint density at radius 3 is 2.67 bits per heavy atom. The topological polar surface area (TPSA) is 52.6 Å². The maximum Gasteiger partial charge on any atom is 0.404 e. The largest absolute Gasteiger partial charge is 0.465 e. The van der Waals surface area contributed by atoms with E-state index in [-0.39, 0.29) is 6.04 Å². The number of amides is 1. The molecule has 0 aliphatic carbocycles. The third-order valence-electron chi connectivity index (χ3n) is 2.78. The number of carbonyl (C=O) groups is 1. The van der Waals surface area contributed by atoms with Crippen LogP contribution in [0.3, 0.4) is 0 Å². The summed E-state index contributed by atoms with van der Waals surface area (Å²) in [6.45, 7) is 3.25. The Balaban J connectivity index is 2.26. The lowest BCUT2D eigenvalue weighted by Crippen LogP contribution is -2.46. The first-order chi connectivity index (χ1) is 7.13. The minimum Gasteiger partial charge on any atom is -0.465 e. The zero-order valence-corrected chi connectivity index (χ0v) is 9.08. The first-order valence-electron chi connectivity index (χ1n) is 5.51. The third-order valence-corrected chi connectivity index (χ3v) is 2.78. The lowest BCUT2D eigenvalue weighted by atomic mass is 10.0. The number of piperidine rings is 1. The Morgan fingerprint density at radius 1 is 1.60 bits per heavy atom. The quantitative estimate of drug-likeness (QED) is 0.708. The van der Waals surface area contributed by atoms with Crippen LogP contribution in [-0.4, -0.2) is 41.5 Å². The average Bonchev–Trinajstić information content (AvgIpc) is 2.18. The zero-order chi connectivity index (χ0) is 11.3. The Kier molecular flexibility index (Phi) is 4.81. The van der Waals surface area contributed by atoms with E-state index >= 15 is 0 Å². The van der Waals surface area contributed by atoms with Gasteiger partial charge in [0.05, 0.1) is 0 Å². The molecule has 4 nitrogen and oxygen atoms in total. The van der Waals surface area contributed by atoms with Gasteiger partial charge in [-0.15, -0.1) is 0 Å². The van der Waals surface area contributed by atoms with Gasteiger partial charge in [0, 0.05) is 19.1 Å². The molecule has 0 aromatic heterocycles. The van der Waals surface area contributed by atoms with Crippen LogP contribution in [0.15, 0.2) is 0 Å². The minimum atomic E-state index is -0.987. The van der Waals surface area contributed by atoms with E-state index in [1.165, 1.54) is 0 Å². The number of rotatable bonds is 4. The van der Waals surface area contributed by atoms with E-state index in [1.54, 1.807) is 4.90 Å². The Morgan fingerprint density at radius 2 is 2.20 bits per heavy atom. The summed E-state index contributed by atoms with van der Waals surface area (Å²) in [6.07, 6.45) is 0.970. The smallest absolute Gasteiger partial charge is 0.404 e. The summed E-state index contributed by atoms with van der Waals surface area (Å²) in [6, 6.07) is -0.00687. The molecule has 1 saturated heterocycles. The SMILES string of the molecule is CCCC(F)N1CCC(NC(=O)O)CC1. The molecule has 15 heavy (non-hydrogen) atoms. The van der Waals surface area contributed by atoms with Crippen LogP contribution in [0, 0.1) is 0 Å². The van der Waals surface area contributed by atoms with E-state index in [2.05, 4.69) is 5.32 Å². The highest BCUT2D eigenvalue weighted by Crippen LogP contribution is 2.16. The van der Waals surface area contributed by atoms with Gasteiger partial charge in [0.1, 0.15) is 0 Å². The van der Waals surface area contributed by atoms with Gasteiger partial charge in [-0.05, 0) is 19.3 Å². The van der Waals surface area contributed by atoms with Crippen molar-refractivity contribution in [2.45, 2.75) is 44.9 Å². The molecular formula is C10H19FN2O2. The molecule has 1 fully saturated rings. The van der Waals surface area contributed by atoms with Gasteiger partial charge < -0.3 is 10.4 Å². The first kappa shape index (κ1) is 12.2. The molecule has 1 aliphatic heterocycles. The molecule has 88 valence electrons. The molecule has 1 aliphatic rings. The maximum absolute atomic E-state index is 13.5. The number of hydrogen-bond acceptors (Lipinski definition) is 2. The summed E-state index contributed by atoms with van der Waals surface area (Å²) in [4.78, 5) is 12.2. The van der Waals surface area contributed by atoms with Crippen molar-refractivity contribution in [2.75, 3.05) is 13.1 Å². The van der Waals surface area contributed by atoms with Gasteiger partial charge in [-0.2, -0.15) is 0 Å². The molecular weight excluding hydrogens is 199 g/mol. The van der Waals surface area contributed by atoms with Crippen molar-refractivity contribution in [3.63, 3.8) is 0 Å². The number of alkyl halides is 1. The molecule has 0 radical (unpaired) electrons. The number of carboxylic acid groups (broad SMARTS) is 1. The molecule has 1 rings (SSSR count). The number of halogens is 1. The number of hydrogen-bond donors (Lipinski definition) is 2. The summed E-state index contributed by atoms with van der Waals surface area (Å²) in [5, 5.41) is 11.0. The van der Waals surface area contributed by atoms with Crippen LogP contribution in [0.25, 0.3) is 0 Å². The number of likely N-dealkylation sites (tertiary alicyclic amines) is 1. The molecule has 1 atom stereocenters. The van der Waals surface area contributed by atoms with Crippen LogP contribution in [0.2, 0.25) is 0 Å². The summed E-state index contributed by atoms with van der Waals surface area (Å²) in [7, 11) is 0. The maximum atomic E-state index is 13.5. The summed E-state index contributed by atoms with van der Waals surface area (Å²) in [5.41, 5.74) is 0. The van der Waals surface area contributed by atoms with Gasteiger partial charge in [0.15, 0.2) is 6.30 Å². The first-order valence-corrected chi connectivity index (χ1v) is 5.51. The average molecular weight is 218 g/mol. The fourth-order valence-corrected chi connectivity index (χ4v) is 1.92. The molecule has 0 aromatic rings. The highest BCUT2D eigenvalue weighted by molar-refractivity contribution is 5.64. The fraction of sp³-hybridized carbons (Fsp3) is 0.900. The van der Waals surface area contributed by atoms with Crippen molar-refractivity contribution in [3.05, 3.63) is 0 Å². The van der Waals surface area contributed by atoms with E-state index in [9.17, 15) is 9.18 Å². The molecule has 0 bridgehead atoms. The molecule has 0 saturated carbocycles. The standard InChI is InChI=1S/C10H19FN2O2/c1-2-3-9(11)13-6-4-8(5-7-13)12-10(14)15/h8-9,12H,2-7H2,1H3,(H,14,15). The van der Waals surface area contributed by atoms with Gasteiger partial charge >= 0.3 is 6.09 Å². The predicted molar refractivity (Wildman–Crippen MR) is 55.6 cm³/mol. The van der Waals surface area contributed by atoms with Crippen molar-refractivity contribution in [1.82, 2.24) is 10.2 Å². The fourth-order valence-electron chi connectivity index (χ4n) is 1.92. The van der Waals surface area contributed by atoms with E-state index < -0.39 is 12.4 Å². The minimum absolute atomic E-state index is 0.00687. The second-order valence-electron chi connectivity index (χ2n) is 3.98. The van der Waals surface area contributed by atoms with Crippen molar-refractivity contribution >= 4 is 6.09 Å². The lowest BCUT2D eigenvalue weighted by molar-refractivity contribution is 0.0484. The van der Waals surface area contributed by atoms with Crippen molar-refractivity contribution in [3.8, 4) is 0 Å². The van der Waals surface area contributed by atoms with E-state index in [0.717, 1.165) is 6.42 Å². The Labute approximate surface area is 89.4 Å². The summed E-state index contributed by atoms with van der Waals surface area (Å²) >= 11 is 0. The monoisotopic (exact) mass is 218 g/mol. The van der Waals surface area contributed by atoms with Crippen molar-refractivity contribution in [1.29, 1.82) is 0 Å². The Hall–Kier alpha value is -0.840. The van der Waals surface area contributed by atoms with Crippen LogP contribution >= 0.6 is 0 Å². The highest BCUT2D eigenvalue weighted by Gasteiger charge is 2.24. The van der Waals surface area contributed by atoms with Crippen LogP contribution < -0.4 is 5.32 Å². The van der Waals surface area contributed by atoms with E-state index in [1.807, 2.05) is 6.92 Å². The van der Waals surface area contributed by atoms with Gasteiger partial charge in [0.2, 0.25) is 0 Å². The van der Waals surface area contributed by atoms with Crippen LogP contribution in [0.1, 0.15) is 32.6 Å². The molecule has 2 N–H and O–H groups in total. The van der Waals surface area contributed by atoms with E-state index in [0.29, 0.717) is 32.4 Å². The zero-order valence-electron chi connectivity index (χ0n) is 9.08. The predicted octanol–water partition coefficient (Wildman–Crippen LogP) is 1.81. The van der Waals surface area contributed by atoms with E-state index in [4.69, 9.17) is 5.11 Å². The van der Waals surface area contributed by atoms with Crippen molar-refractivity contribution < 1.29 is 14.3 Å². The van der Waals surface area contributed by atoms with Gasteiger partial charge in [-0.25, -0.2) is 9.18 Å². The van der Waals surface area contributed by atoms with Gasteiger partial charge in [-0.1, -0.05) is 13.3 Å². The lowest BCUT2D eigenvalue weighted by Gasteiger charge is -2.33. The third kappa shape index (κ3) is 4.03. The van der Waals surface area contributed by atoms with Crippen LogP contribution in [0.5, 0.6) is 0 Å². The molecule has 1 unspecified atom stereocenters.